The van der Waals surface area contributed by atoms with Gasteiger partial charge in [-0.1, -0.05) is 12.1 Å². The Balaban J connectivity index is 0.00000210. The fourth-order valence-electron chi connectivity index (χ4n) is 3.40. The van der Waals surface area contributed by atoms with Crippen LogP contribution in [0.2, 0.25) is 0 Å². The zero-order valence-electron chi connectivity index (χ0n) is 16.7. The SMILES string of the molecule is COCC1(CNC(=O)c2ccccc2OCc2csc(C)n2)CCNCC1.Cl.Cl. The van der Waals surface area contributed by atoms with E-state index in [0.717, 1.165) is 36.6 Å². The number of carbonyl (C=O) groups is 1. The van der Waals surface area contributed by atoms with Crippen LogP contribution in [0.1, 0.15) is 33.9 Å². The minimum Gasteiger partial charge on any atom is -0.486 e. The molecule has 1 saturated heterocycles. The number of benzene rings is 1. The lowest BCUT2D eigenvalue weighted by Gasteiger charge is -2.37. The first-order valence-electron chi connectivity index (χ1n) is 9.23. The number of ether oxygens (including phenoxy) is 2. The minimum absolute atomic E-state index is 0. The number of piperidine rings is 1. The van der Waals surface area contributed by atoms with E-state index >= 15 is 0 Å². The average molecular weight is 462 g/mol. The molecule has 3 rings (SSSR count). The number of aromatic nitrogens is 1. The molecule has 2 N–H and O–H groups in total. The third-order valence-electron chi connectivity index (χ3n) is 4.91. The second kappa shape index (κ2) is 12.3. The van der Waals surface area contributed by atoms with E-state index in [1.807, 2.05) is 30.5 Å². The summed E-state index contributed by atoms with van der Waals surface area (Å²) in [5, 5.41) is 9.44. The molecule has 1 amide bonds. The first-order valence-corrected chi connectivity index (χ1v) is 10.1. The van der Waals surface area contributed by atoms with Crippen molar-refractivity contribution in [1.29, 1.82) is 0 Å². The second-order valence-corrected chi connectivity index (χ2v) is 8.07. The van der Waals surface area contributed by atoms with Crippen LogP contribution in [-0.2, 0) is 11.3 Å². The van der Waals surface area contributed by atoms with Gasteiger partial charge < -0.3 is 20.1 Å². The summed E-state index contributed by atoms with van der Waals surface area (Å²) in [5.41, 5.74) is 1.41. The first-order chi connectivity index (χ1) is 13.1. The highest BCUT2D eigenvalue weighted by molar-refractivity contribution is 7.09. The number of rotatable bonds is 8. The molecule has 9 heteroatoms. The molecule has 6 nitrogen and oxygen atoms in total. The second-order valence-electron chi connectivity index (χ2n) is 7.01. The maximum atomic E-state index is 12.8. The van der Waals surface area contributed by atoms with Crippen LogP contribution < -0.4 is 15.4 Å². The third kappa shape index (κ3) is 7.12. The Bertz CT molecular complexity index is 761. The fraction of sp³-hybridized carbons (Fsp3) is 0.500. The highest BCUT2D eigenvalue weighted by Gasteiger charge is 2.32. The predicted molar refractivity (Wildman–Crippen MR) is 121 cm³/mol. The van der Waals surface area contributed by atoms with Gasteiger partial charge in [-0.2, -0.15) is 0 Å². The molecule has 1 aliphatic heterocycles. The van der Waals surface area contributed by atoms with Gasteiger partial charge in [0.05, 0.1) is 22.9 Å². The van der Waals surface area contributed by atoms with Crippen molar-refractivity contribution in [2.75, 3.05) is 33.4 Å². The maximum Gasteiger partial charge on any atom is 0.255 e. The number of hydrogen-bond donors (Lipinski definition) is 2. The van der Waals surface area contributed by atoms with Crippen LogP contribution in [0.15, 0.2) is 29.6 Å². The van der Waals surface area contributed by atoms with Crippen LogP contribution in [0.3, 0.4) is 0 Å². The molecule has 1 aliphatic rings. The number of methoxy groups -OCH3 is 1. The number of para-hydroxylation sites is 1. The summed E-state index contributed by atoms with van der Waals surface area (Å²) in [6.45, 7) is 5.47. The molecule has 0 atom stereocenters. The van der Waals surface area contributed by atoms with Crippen molar-refractivity contribution in [2.45, 2.75) is 26.4 Å². The van der Waals surface area contributed by atoms with Crippen molar-refractivity contribution in [3.63, 3.8) is 0 Å². The molecule has 0 saturated carbocycles. The van der Waals surface area contributed by atoms with E-state index in [2.05, 4.69) is 15.6 Å². The lowest BCUT2D eigenvalue weighted by molar-refractivity contribution is 0.0511. The number of thiazole rings is 1. The van der Waals surface area contributed by atoms with Crippen LogP contribution in [0.5, 0.6) is 5.75 Å². The Morgan fingerprint density at radius 3 is 2.66 bits per heavy atom. The Labute approximate surface area is 188 Å². The first kappa shape index (κ1) is 25.7. The zero-order chi connectivity index (χ0) is 19.1. The van der Waals surface area contributed by atoms with Gasteiger partial charge in [0.15, 0.2) is 0 Å². The van der Waals surface area contributed by atoms with E-state index in [0.29, 0.717) is 31.1 Å². The lowest BCUT2D eigenvalue weighted by atomic mass is 9.79. The van der Waals surface area contributed by atoms with E-state index in [-0.39, 0.29) is 36.1 Å². The summed E-state index contributed by atoms with van der Waals surface area (Å²) < 4.78 is 11.3. The standard InChI is InChI=1S/C20H27N3O3S.2ClH/c1-15-23-16(12-27-15)11-26-18-6-4-3-5-17(18)19(24)22-13-20(14-25-2)7-9-21-10-8-20;;/h3-6,12,21H,7-11,13-14H2,1-2H3,(H,22,24);2*1H. The van der Waals surface area contributed by atoms with Crippen molar-refractivity contribution >= 4 is 42.1 Å². The van der Waals surface area contributed by atoms with E-state index in [9.17, 15) is 4.79 Å². The molecule has 0 radical (unpaired) electrons. The maximum absolute atomic E-state index is 12.8. The van der Waals surface area contributed by atoms with Gasteiger partial charge in [0.25, 0.3) is 5.91 Å². The molecular weight excluding hydrogens is 433 g/mol. The normalized spacial score (nSPS) is 15.0. The number of hydrogen-bond acceptors (Lipinski definition) is 6. The van der Waals surface area contributed by atoms with Gasteiger partial charge >= 0.3 is 0 Å². The third-order valence-corrected chi connectivity index (χ3v) is 5.73. The molecule has 1 aromatic carbocycles. The number of amides is 1. The van der Waals surface area contributed by atoms with Gasteiger partial charge in [-0.25, -0.2) is 4.98 Å². The van der Waals surface area contributed by atoms with Crippen LogP contribution >= 0.6 is 36.2 Å². The summed E-state index contributed by atoms with van der Waals surface area (Å²) >= 11 is 1.59. The number of halogens is 2. The Morgan fingerprint density at radius 2 is 2.00 bits per heavy atom. The van der Waals surface area contributed by atoms with Gasteiger partial charge in [0.1, 0.15) is 12.4 Å². The van der Waals surface area contributed by atoms with E-state index in [4.69, 9.17) is 9.47 Å². The molecule has 0 spiro atoms. The number of nitrogens with one attached hydrogen (secondary N) is 2. The molecule has 2 aromatic rings. The van der Waals surface area contributed by atoms with Crippen LogP contribution in [0, 0.1) is 12.3 Å². The molecule has 0 aliphatic carbocycles. The highest BCUT2D eigenvalue weighted by Crippen LogP contribution is 2.28. The highest BCUT2D eigenvalue weighted by atomic mass is 35.5. The Morgan fingerprint density at radius 1 is 1.28 bits per heavy atom. The van der Waals surface area contributed by atoms with Gasteiger partial charge in [-0.3, -0.25) is 4.79 Å². The van der Waals surface area contributed by atoms with E-state index < -0.39 is 0 Å². The smallest absolute Gasteiger partial charge is 0.255 e. The molecule has 1 aromatic heterocycles. The van der Waals surface area contributed by atoms with Gasteiger partial charge in [-0.05, 0) is 45.0 Å². The Kier molecular flexibility index (Phi) is 10.9. The number of aryl methyl sites for hydroxylation is 1. The largest absolute Gasteiger partial charge is 0.486 e. The van der Waals surface area contributed by atoms with Crippen LogP contribution in [0.4, 0.5) is 0 Å². The van der Waals surface area contributed by atoms with Crippen LogP contribution in [-0.4, -0.2) is 44.2 Å². The molecule has 162 valence electrons. The molecule has 0 unspecified atom stereocenters. The summed E-state index contributed by atoms with van der Waals surface area (Å²) in [5.74, 6) is 0.459. The van der Waals surface area contributed by atoms with Crippen molar-refractivity contribution in [3.05, 3.63) is 45.9 Å². The summed E-state index contributed by atoms with van der Waals surface area (Å²) in [7, 11) is 1.72. The average Bonchev–Trinajstić information content (AvgIpc) is 3.11. The van der Waals surface area contributed by atoms with Gasteiger partial charge in [-0.15, -0.1) is 36.2 Å². The summed E-state index contributed by atoms with van der Waals surface area (Å²) in [4.78, 5) is 17.2. The topological polar surface area (TPSA) is 72.5 Å². The fourth-order valence-corrected chi connectivity index (χ4v) is 4.00. The van der Waals surface area contributed by atoms with Gasteiger partial charge in [0, 0.05) is 24.4 Å². The molecule has 0 bridgehead atoms. The lowest BCUT2D eigenvalue weighted by Crippen LogP contribution is -2.47. The summed E-state index contributed by atoms with van der Waals surface area (Å²) in [6, 6.07) is 7.34. The van der Waals surface area contributed by atoms with Crippen molar-refractivity contribution in [3.8, 4) is 5.75 Å². The van der Waals surface area contributed by atoms with Crippen molar-refractivity contribution < 1.29 is 14.3 Å². The van der Waals surface area contributed by atoms with Crippen molar-refractivity contribution in [2.24, 2.45) is 5.41 Å². The number of nitrogens with zero attached hydrogens (tertiary/aromatic N) is 1. The summed E-state index contributed by atoms with van der Waals surface area (Å²) in [6.07, 6.45) is 1.98. The molecular formula is C20H29Cl2N3O3S. The Hall–Kier alpha value is -1.38. The number of carbonyl (C=O) groups excluding carboxylic acids is 1. The predicted octanol–water partition coefficient (Wildman–Crippen LogP) is 3.62. The quantitative estimate of drug-likeness (QED) is 0.627. The van der Waals surface area contributed by atoms with Crippen LogP contribution in [0.25, 0.3) is 0 Å². The minimum atomic E-state index is -0.117. The van der Waals surface area contributed by atoms with E-state index in [1.165, 1.54) is 0 Å². The van der Waals surface area contributed by atoms with Crippen molar-refractivity contribution in [1.82, 2.24) is 15.6 Å². The molecule has 29 heavy (non-hydrogen) atoms. The monoisotopic (exact) mass is 461 g/mol. The van der Waals surface area contributed by atoms with E-state index in [1.54, 1.807) is 24.5 Å². The molecule has 2 heterocycles. The van der Waals surface area contributed by atoms with Gasteiger partial charge in [0.2, 0.25) is 0 Å². The zero-order valence-corrected chi connectivity index (χ0v) is 19.2. The molecule has 1 fully saturated rings.